The monoisotopic (exact) mass is 199 g/mol. The molecule has 3 atom stereocenters. The predicted octanol–water partition coefficient (Wildman–Crippen LogP) is 2.57. The molecule has 0 heterocycles. The lowest BCUT2D eigenvalue weighted by Crippen LogP contribution is -2.24. The van der Waals surface area contributed by atoms with Gasteiger partial charge in [0.25, 0.3) is 0 Å². The van der Waals surface area contributed by atoms with Crippen LogP contribution in [-0.4, -0.2) is 19.3 Å². The van der Waals surface area contributed by atoms with Crippen LogP contribution in [0.1, 0.15) is 46.0 Å². The zero-order valence-electron chi connectivity index (χ0n) is 9.67. The summed E-state index contributed by atoms with van der Waals surface area (Å²) in [6.45, 7) is 6.16. The van der Waals surface area contributed by atoms with Crippen LogP contribution in [0.4, 0.5) is 0 Å². The zero-order chi connectivity index (χ0) is 10.4. The van der Waals surface area contributed by atoms with Gasteiger partial charge in [0, 0.05) is 0 Å². The van der Waals surface area contributed by atoms with E-state index < -0.39 is 0 Å². The van der Waals surface area contributed by atoms with E-state index in [9.17, 15) is 0 Å². The Morgan fingerprint density at radius 1 is 1.36 bits per heavy atom. The standard InChI is InChI=1S/C12H25NO/c1-3-5-10(2)14-9-12-7-4-6-11(12)8-13/h10-12H,3-9,13H2,1-2H3. The van der Waals surface area contributed by atoms with Gasteiger partial charge in [0.1, 0.15) is 0 Å². The molecule has 3 unspecified atom stereocenters. The van der Waals surface area contributed by atoms with Gasteiger partial charge in [-0.1, -0.05) is 19.8 Å². The largest absolute Gasteiger partial charge is 0.378 e. The summed E-state index contributed by atoms with van der Waals surface area (Å²) in [5, 5.41) is 0. The number of rotatable bonds is 6. The van der Waals surface area contributed by atoms with E-state index in [0.717, 1.165) is 25.0 Å². The van der Waals surface area contributed by atoms with Gasteiger partial charge in [0.2, 0.25) is 0 Å². The highest BCUT2D eigenvalue weighted by Gasteiger charge is 2.26. The van der Waals surface area contributed by atoms with Crippen LogP contribution in [0.2, 0.25) is 0 Å². The SMILES string of the molecule is CCCC(C)OCC1CCCC1CN. The van der Waals surface area contributed by atoms with Crippen molar-refractivity contribution in [2.45, 2.75) is 52.1 Å². The van der Waals surface area contributed by atoms with Crippen molar-refractivity contribution < 1.29 is 4.74 Å². The molecule has 2 heteroatoms. The van der Waals surface area contributed by atoms with Gasteiger partial charge in [-0.3, -0.25) is 0 Å². The van der Waals surface area contributed by atoms with E-state index in [1.165, 1.54) is 32.1 Å². The second-order valence-corrected chi connectivity index (χ2v) is 4.62. The van der Waals surface area contributed by atoms with E-state index in [1.807, 2.05) is 0 Å². The van der Waals surface area contributed by atoms with Crippen molar-refractivity contribution in [3.8, 4) is 0 Å². The molecule has 1 rings (SSSR count). The third kappa shape index (κ3) is 3.58. The van der Waals surface area contributed by atoms with Gasteiger partial charge in [-0.15, -0.1) is 0 Å². The summed E-state index contributed by atoms with van der Waals surface area (Å²) < 4.78 is 5.84. The van der Waals surface area contributed by atoms with Crippen LogP contribution in [-0.2, 0) is 4.74 Å². The Morgan fingerprint density at radius 2 is 2.07 bits per heavy atom. The molecule has 84 valence electrons. The molecule has 1 aliphatic carbocycles. The molecule has 0 aromatic carbocycles. The van der Waals surface area contributed by atoms with E-state index in [2.05, 4.69) is 13.8 Å². The maximum absolute atomic E-state index is 5.84. The third-order valence-electron chi connectivity index (χ3n) is 3.41. The van der Waals surface area contributed by atoms with Crippen LogP contribution in [0.3, 0.4) is 0 Å². The molecular weight excluding hydrogens is 174 g/mol. The second-order valence-electron chi connectivity index (χ2n) is 4.62. The summed E-state index contributed by atoms with van der Waals surface area (Å²) in [7, 11) is 0. The Kier molecular flexibility index (Phi) is 5.49. The topological polar surface area (TPSA) is 35.2 Å². The summed E-state index contributed by atoms with van der Waals surface area (Å²) in [5.74, 6) is 1.46. The smallest absolute Gasteiger partial charge is 0.0547 e. The lowest BCUT2D eigenvalue weighted by Gasteiger charge is -2.20. The minimum atomic E-state index is 0.430. The molecule has 0 aromatic rings. The third-order valence-corrected chi connectivity index (χ3v) is 3.41. The van der Waals surface area contributed by atoms with Crippen molar-refractivity contribution in [2.75, 3.05) is 13.2 Å². The summed E-state index contributed by atoms with van der Waals surface area (Å²) in [5.41, 5.74) is 5.73. The Balaban J connectivity index is 2.16. The van der Waals surface area contributed by atoms with E-state index in [0.29, 0.717) is 6.10 Å². The van der Waals surface area contributed by atoms with Crippen molar-refractivity contribution in [3.05, 3.63) is 0 Å². The molecule has 0 aromatic heterocycles. The number of hydrogen-bond acceptors (Lipinski definition) is 2. The molecular formula is C12H25NO. The Hall–Kier alpha value is -0.0800. The van der Waals surface area contributed by atoms with Gasteiger partial charge in [-0.25, -0.2) is 0 Å². The average molecular weight is 199 g/mol. The first kappa shape index (κ1) is 12.0. The highest BCUT2D eigenvalue weighted by molar-refractivity contribution is 4.77. The molecule has 0 bridgehead atoms. The van der Waals surface area contributed by atoms with E-state index in [4.69, 9.17) is 10.5 Å². The molecule has 2 nitrogen and oxygen atoms in total. The maximum atomic E-state index is 5.84. The van der Waals surface area contributed by atoms with Gasteiger partial charge in [-0.2, -0.15) is 0 Å². The van der Waals surface area contributed by atoms with Gasteiger partial charge in [0.15, 0.2) is 0 Å². The Labute approximate surface area is 88.2 Å². The van der Waals surface area contributed by atoms with Crippen LogP contribution in [0.15, 0.2) is 0 Å². The molecule has 1 fully saturated rings. The fourth-order valence-electron chi connectivity index (χ4n) is 2.42. The fourth-order valence-corrected chi connectivity index (χ4v) is 2.42. The van der Waals surface area contributed by atoms with Crippen LogP contribution in [0.25, 0.3) is 0 Å². The summed E-state index contributed by atoms with van der Waals surface area (Å²) in [6, 6.07) is 0. The highest BCUT2D eigenvalue weighted by Crippen LogP contribution is 2.31. The van der Waals surface area contributed by atoms with Crippen LogP contribution >= 0.6 is 0 Å². The first-order valence-electron chi connectivity index (χ1n) is 6.09. The minimum absolute atomic E-state index is 0.430. The maximum Gasteiger partial charge on any atom is 0.0547 e. The van der Waals surface area contributed by atoms with Crippen molar-refractivity contribution in [3.63, 3.8) is 0 Å². The second kappa shape index (κ2) is 6.41. The van der Waals surface area contributed by atoms with E-state index in [-0.39, 0.29) is 0 Å². The fraction of sp³-hybridized carbons (Fsp3) is 1.00. The van der Waals surface area contributed by atoms with Crippen molar-refractivity contribution in [2.24, 2.45) is 17.6 Å². The Bertz CT molecular complexity index is 149. The molecule has 2 N–H and O–H groups in total. The molecule has 14 heavy (non-hydrogen) atoms. The van der Waals surface area contributed by atoms with E-state index >= 15 is 0 Å². The number of ether oxygens (including phenoxy) is 1. The number of nitrogens with two attached hydrogens (primary N) is 1. The lowest BCUT2D eigenvalue weighted by atomic mass is 9.97. The normalized spacial score (nSPS) is 29.4. The van der Waals surface area contributed by atoms with Crippen molar-refractivity contribution in [1.29, 1.82) is 0 Å². The first-order chi connectivity index (χ1) is 6.77. The first-order valence-corrected chi connectivity index (χ1v) is 6.09. The molecule has 0 spiro atoms. The minimum Gasteiger partial charge on any atom is -0.378 e. The molecule has 0 amide bonds. The van der Waals surface area contributed by atoms with Crippen molar-refractivity contribution in [1.82, 2.24) is 0 Å². The van der Waals surface area contributed by atoms with Gasteiger partial charge in [-0.05, 0) is 44.6 Å². The van der Waals surface area contributed by atoms with Crippen molar-refractivity contribution >= 4 is 0 Å². The average Bonchev–Trinajstić information content (AvgIpc) is 2.62. The van der Waals surface area contributed by atoms with Crippen LogP contribution < -0.4 is 5.73 Å². The van der Waals surface area contributed by atoms with E-state index in [1.54, 1.807) is 0 Å². The predicted molar refractivity (Wildman–Crippen MR) is 60.2 cm³/mol. The summed E-state index contributed by atoms with van der Waals surface area (Å²) in [4.78, 5) is 0. The van der Waals surface area contributed by atoms with Crippen LogP contribution in [0.5, 0.6) is 0 Å². The molecule has 1 saturated carbocycles. The summed E-state index contributed by atoms with van der Waals surface area (Å²) >= 11 is 0. The quantitative estimate of drug-likeness (QED) is 0.713. The number of hydrogen-bond donors (Lipinski definition) is 1. The molecule has 1 aliphatic rings. The molecule has 0 aliphatic heterocycles. The highest BCUT2D eigenvalue weighted by atomic mass is 16.5. The summed E-state index contributed by atoms with van der Waals surface area (Å²) in [6.07, 6.45) is 6.80. The van der Waals surface area contributed by atoms with Gasteiger partial charge < -0.3 is 10.5 Å². The molecule has 0 radical (unpaired) electrons. The zero-order valence-corrected chi connectivity index (χ0v) is 9.67. The van der Waals surface area contributed by atoms with Gasteiger partial charge in [0.05, 0.1) is 12.7 Å². The lowest BCUT2D eigenvalue weighted by molar-refractivity contribution is 0.0270. The van der Waals surface area contributed by atoms with Crippen LogP contribution in [0, 0.1) is 11.8 Å². The molecule has 0 saturated heterocycles. The van der Waals surface area contributed by atoms with Gasteiger partial charge >= 0.3 is 0 Å². The Morgan fingerprint density at radius 3 is 2.71 bits per heavy atom.